The molecule has 4 fully saturated rings. The molecule has 4 bridgehead atoms. The molecule has 1 aromatic rings. The van der Waals surface area contributed by atoms with Crippen molar-refractivity contribution in [1.29, 1.82) is 0 Å². The van der Waals surface area contributed by atoms with Gasteiger partial charge in [-0.25, -0.2) is 9.37 Å². The Morgan fingerprint density at radius 1 is 1.30 bits per heavy atom. The second kappa shape index (κ2) is 4.27. The van der Waals surface area contributed by atoms with Gasteiger partial charge in [0.1, 0.15) is 11.5 Å². The Kier molecular flexibility index (Phi) is 2.63. The van der Waals surface area contributed by atoms with Gasteiger partial charge in [0.05, 0.1) is 6.20 Å². The largest absolute Gasteiger partial charge is 0.345 e. The van der Waals surface area contributed by atoms with Gasteiger partial charge in [-0.1, -0.05) is 0 Å². The molecule has 1 N–H and O–H groups in total. The highest BCUT2D eigenvalue weighted by Crippen LogP contribution is 2.56. The summed E-state index contributed by atoms with van der Waals surface area (Å²) >= 11 is 0. The van der Waals surface area contributed by atoms with Crippen molar-refractivity contribution in [3.63, 3.8) is 0 Å². The van der Waals surface area contributed by atoms with Gasteiger partial charge >= 0.3 is 0 Å². The van der Waals surface area contributed by atoms with E-state index in [1.54, 1.807) is 5.92 Å². The summed E-state index contributed by atoms with van der Waals surface area (Å²) in [4.78, 5) is 16.2. The van der Waals surface area contributed by atoms with Crippen molar-refractivity contribution in [2.24, 2.45) is 11.8 Å². The van der Waals surface area contributed by atoms with Crippen LogP contribution in [0.2, 0.25) is 0 Å². The zero-order valence-corrected chi connectivity index (χ0v) is 11.4. The number of pyridine rings is 1. The quantitative estimate of drug-likeness (QED) is 0.900. The van der Waals surface area contributed by atoms with E-state index in [4.69, 9.17) is 0 Å². The van der Waals surface area contributed by atoms with Gasteiger partial charge in [0.15, 0.2) is 0 Å². The summed E-state index contributed by atoms with van der Waals surface area (Å²) in [6.45, 7) is 0. The fourth-order valence-electron chi connectivity index (χ4n) is 4.77. The number of hydrogen-bond donors (Lipinski definition) is 1. The summed E-state index contributed by atoms with van der Waals surface area (Å²) in [5.74, 6) is 2.58. The Bertz CT molecular complexity index is 505. The number of nitrogens with zero attached hydrogens (tertiary/aromatic N) is 1. The zero-order chi connectivity index (χ0) is 13.7. The van der Waals surface area contributed by atoms with Crippen LogP contribution in [-0.2, 0) is 0 Å². The lowest BCUT2D eigenvalue weighted by molar-refractivity contribution is 0.0377. The smallest absolute Gasteiger partial charge is 0.270 e. The van der Waals surface area contributed by atoms with Crippen molar-refractivity contribution in [2.45, 2.75) is 44.1 Å². The molecule has 4 aliphatic carbocycles. The molecule has 0 aromatic carbocycles. The molecule has 1 radical (unpaired) electrons. The minimum absolute atomic E-state index is 0.0490. The summed E-state index contributed by atoms with van der Waals surface area (Å²) < 4.78 is 12.9. The van der Waals surface area contributed by atoms with Crippen LogP contribution in [0.5, 0.6) is 0 Å². The van der Waals surface area contributed by atoms with Crippen LogP contribution in [0.15, 0.2) is 18.3 Å². The van der Waals surface area contributed by atoms with Crippen molar-refractivity contribution in [3.05, 3.63) is 35.8 Å². The molecular formula is C16H18FN2O. The van der Waals surface area contributed by atoms with Gasteiger partial charge in [-0.05, 0) is 68.4 Å². The molecule has 2 unspecified atom stereocenters. The predicted octanol–water partition coefficient (Wildman–Crippen LogP) is 2.88. The molecular weight excluding hydrogens is 255 g/mol. The van der Waals surface area contributed by atoms with Gasteiger partial charge in [-0.3, -0.25) is 4.79 Å². The summed E-state index contributed by atoms with van der Waals surface area (Å²) in [5, 5.41) is 3.22. The Morgan fingerprint density at radius 3 is 2.65 bits per heavy atom. The van der Waals surface area contributed by atoms with Crippen molar-refractivity contribution in [1.82, 2.24) is 10.3 Å². The second-order valence-corrected chi connectivity index (χ2v) is 6.81. The molecule has 2 atom stereocenters. The first-order valence-electron chi connectivity index (χ1n) is 7.40. The third-order valence-electron chi connectivity index (χ3n) is 5.11. The molecule has 5 rings (SSSR count). The maximum atomic E-state index is 12.9. The van der Waals surface area contributed by atoms with Gasteiger partial charge in [0.25, 0.3) is 5.91 Å². The van der Waals surface area contributed by atoms with Gasteiger partial charge < -0.3 is 5.32 Å². The van der Waals surface area contributed by atoms with E-state index in [2.05, 4.69) is 10.3 Å². The van der Waals surface area contributed by atoms with Crippen LogP contribution >= 0.6 is 0 Å². The highest BCUT2D eigenvalue weighted by Gasteiger charge is 2.51. The Morgan fingerprint density at radius 2 is 2.05 bits per heavy atom. The summed E-state index contributed by atoms with van der Waals surface area (Å²) in [6.07, 6.45) is 8.19. The van der Waals surface area contributed by atoms with Crippen LogP contribution in [-0.4, -0.2) is 16.4 Å². The average molecular weight is 273 g/mol. The fourth-order valence-corrected chi connectivity index (χ4v) is 4.77. The minimum Gasteiger partial charge on any atom is -0.345 e. The van der Waals surface area contributed by atoms with E-state index in [-0.39, 0.29) is 11.4 Å². The second-order valence-electron chi connectivity index (χ2n) is 6.81. The maximum absolute atomic E-state index is 12.9. The van der Waals surface area contributed by atoms with Gasteiger partial charge in [-0.15, -0.1) is 0 Å². The predicted molar refractivity (Wildman–Crippen MR) is 72.3 cm³/mol. The van der Waals surface area contributed by atoms with Crippen LogP contribution in [0.25, 0.3) is 0 Å². The molecule has 0 aliphatic heterocycles. The first-order valence-corrected chi connectivity index (χ1v) is 7.40. The molecule has 0 spiro atoms. The normalized spacial score (nSPS) is 35.2. The standard InChI is InChI=1S/C16H18FN2O/c17-13-1-2-14(18-9-13)15(20)19-16-6-10-3-11(7-16)5-12(4-10)8-16/h1-2,9-11H,3-8H2,(H,19,20). The van der Waals surface area contributed by atoms with E-state index >= 15 is 0 Å². The van der Waals surface area contributed by atoms with Crippen molar-refractivity contribution in [3.8, 4) is 0 Å². The van der Waals surface area contributed by atoms with E-state index in [0.717, 1.165) is 37.3 Å². The lowest BCUT2D eigenvalue weighted by Gasteiger charge is -2.56. The highest BCUT2D eigenvalue weighted by molar-refractivity contribution is 5.92. The number of hydrogen-bond acceptors (Lipinski definition) is 2. The molecule has 1 amide bonds. The van der Waals surface area contributed by atoms with Crippen LogP contribution < -0.4 is 5.32 Å². The van der Waals surface area contributed by atoms with Crippen LogP contribution in [0.4, 0.5) is 4.39 Å². The molecule has 0 saturated heterocycles. The van der Waals surface area contributed by atoms with E-state index in [0.29, 0.717) is 5.69 Å². The topological polar surface area (TPSA) is 42.0 Å². The Hall–Kier alpha value is -1.45. The number of carbonyl (C=O) groups is 1. The molecule has 4 saturated carbocycles. The molecule has 1 heterocycles. The Balaban J connectivity index is 1.53. The van der Waals surface area contributed by atoms with Crippen molar-refractivity contribution < 1.29 is 9.18 Å². The van der Waals surface area contributed by atoms with Gasteiger partial charge in [0, 0.05) is 5.54 Å². The summed E-state index contributed by atoms with van der Waals surface area (Å²) in [7, 11) is 0. The summed E-state index contributed by atoms with van der Waals surface area (Å²) in [6, 6.07) is 2.74. The number of halogens is 1. The van der Waals surface area contributed by atoms with Crippen molar-refractivity contribution >= 4 is 5.91 Å². The van der Waals surface area contributed by atoms with Gasteiger partial charge in [0.2, 0.25) is 0 Å². The molecule has 4 aliphatic rings. The first kappa shape index (κ1) is 12.3. The molecule has 1 aromatic heterocycles. The zero-order valence-electron chi connectivity index (χ0n) is 11.4. The molecule has 105 valence electrons. The minimum atomic E-state index is -0.410. The van der Waals surface area contributed by atoms with Gasteiger partial charge in [-0.2, -0.15) is 0 Å². The van der Waals surface area contributed by atoms with Crippen LogP contribution in [0, 0.1) is 23.6 Å². The fraction of sp³-hybridized carbons (Fsp3) is 0.562. The Labute approximate surface area is 118 Å². The number of carbonyl (C=O) groups excluding carboxylic acids is 1. The maximum Gasteiger partial charge on any atom is 0.270 e. The highest BCUT2D eigenvalue weighted by atomic mass is 19.1. The first-order chi connectivity index (χ1) is 9.62. The number of nitrogens with one attached hydrogen (secondary N) is 1. The molecule has 20 heavy (non-hydrogen) atoms. The van der Waals surface area contributed by atoms with E-state index in [1.807, 2.05) is 0 Å². The van der Waals surface area contributed by atoms with Crippen molar-refractivity contribution in [2.75, 3.05) is 0 Å². The van der Waals surface area contributed by atoms with E-state index in [1.165, 1.54) is 31.4 Å². The third-order valence-corrected chi connectivity index (χ3v) is 5.11. The van der Waals surface area contributed by atoms with E-state index in [9.17, 15) is 9.18 Å². The average Bonchev–Trinajstić information content (AvgIpc) is 2.37. The van der Waals surface area contributed by atoms with Crippen LogP contribution in [0.3, 0.4) is 0 Å². The number of amides is 1. The lowest BCUT2D eigenvalue weighted by atomic mass is 9.53. The molecule has 4 heteroatoms. The monoisotopic (exact) mass is 273 g/mol. The third kappa shape index (κ3) is 2.02. The van der Waals surface area contributed by atoms with Crippen LogP contribution in [0.1, 0.15) is 49.0 Å². The number of aromatic nitrogens is 1. The lowest BCUT2D eigenvalue weighted by Crippen LogP contribution is -2.59. The summed E-state index contributed by atoms with van der Waals surface area (Å²) in [5.41, 5.74) is 0.263. The SMILES string of the molecule is O=C(NC12C[C]3CC(CC(C3)C1)C2)c1ccc(F)cn1. The molecule has 3 nitrogen and oxygen atoms in total. The van der Waals surface area contributed by atoms with E-state index < -0.39 is 5.82 Å². The number of rotatable bonds is 2.